The molecule has 6 heteroatoms. The molecule has 0 heterocycles. The van der Waals surface area contributed by atoms with Crippen LogP contribution in [0.1, 0.15) is 54.4 Å². The van der Waals surface area contributed by atoms with Gasteiger partial charge in [0.05, 0.1) is 11.1 Å². The molecule has 0 aliphatic heterocycles. The fourth-order valence-corrected chi connectivity index (χ4v) is 5.85. The first-order chi connectivity index (χ1) is 11.8. The average Bonchev–Trinajstić information content (AvgIpc) is 2.50. The molecule has 0 unspecified atom stereocenters. The molecule has 4 aliphatic carbocycles. The first-order valence-electron chi connectivity index (χ1n) is 8.90. The first kappa shape index (κ1) is 16.9. The highest BCUT2D eigenvalue weighted by atomic mass is 19.4. The van der Waals surface area contributed by atoms with Crippen LogP contribution in [-0.2, 0) is 6.18 Å². The lowest BCUT2D eigenvalue weighted by Gasteiger charge is -2.56. The van der Waals surface area contributed by atoms with Crippen LogP contribution in [-0.4, -0.2) is 12.5 Å². The van der Waals surface area contributed by atoms with Crippen molar-refractivity contribution in [3.63, 3.8) is 0 Å². The van der Waals surface area contributed by atoms with Gasteiger partial charge in [-0.1, -0.05) is 6.07 Å². The average molecular weight is 355 g/mol. The molecule has 1 aromatic carbocycles. The number of benzene rings is 1. The van der Waals surface area contributed by atoms with E-state index in [0.29, 0.717) is 24.3 Å². The van der Waals surface area contributed by atoms with E-state index in [-0.39, 0.29) is 5.41 Å². The Labute approximate surface area is 144 Å². The van der Waals surface area contributed by atoms with Crippen molar-refractivity contribution in [2.24, 2.45) is 23.2 Å². The third-order valence-electron chi connectivity index (χ3n) is 6.34. The molecular formula is C19H21F4NO. The lowest BCUT2D eigenvalue weighted by Crippen LogP contribution is -2.51. The Morgan fingerprint density at radius 2 is 1.64 bits per heavy atom. The standard InChI is InChI=1S/C19H21F4NO/c20-15-3-1-2-14(19(21,22)23)16(15)17(25)24-10-18-7-11-4-12(8-18)6-13(5-11)9-18/h1-3,11-13H,4-10H2,(H,24,25). The summed E-state index contributed by atoms with van der Waals surface area (Å²) in [6.07, 6.45) is 2.08. The SMILES string of the molecule is O=C(NCC12CC3CC(CC(C3)C1)C2)c1c(F)cccc1C(F)(F)F. The van der Waals surface area contributed by atoms with E-state index in [4.69, 9.17) is 0 Å². The summed E-state index contributed by atoms with van der Waals surface area (Å²) in [7, 11) is 0. The Morgan fingerprint density at radius 1 is 1.08 bits per heavy atom. The normalized spacial score (nSPS) is 33.5. The third kappa shape index (κ3) is 3.04. The van der Waals surface area contributed by atoms with Crippen LogP contribution in [0.25, 0.3) is 0 Å². The molecule has 0 radical (unpaired) electrons. The van der Waals surface area contributed by atoms with Crippen LogP contribution < -0.4 is 5.32 Å². The molecule has 2 nitrogen and oxygen atoms in total. The van der Waals surface area contributed by atoms with E-state index < -0.39 is 29.0 Å². The van der Waals surface area contributed by atoms with Crippen LogP contribution in [0.5, 0.6) is 0 Å². The zero-order chi connectivity index (χ0) is 17.8. The molecular weight excluding hydrogens is 334 g/mol. The minimum absolute atomic E-state index is 0.00589. The Kier molecular flexibility index (Phi) is 3.85. The quantitative estimate of drug-likeness (QED) is 0.776. The molecule has 0 saturated heterocycles. The van der Waals surface area contributed by atoms with Crippen molar-refractivity contribution in [3.05, 3.63) is 35.1 Å². The molecule has 1 aromatic rings. The summed E-state index contributed by atoms with van der Waals surface area (Å²) < 4.78 is 53.2. The van der Waals surface area contributed by atoms with Gasteiger partial charge >= 0.3 is 6.18 Å². The van der Waals surface area contributed by atoms with Gasteiger partial charge in [-0.15, -0.1) is 0 Å². The van der Waals surface area contributed by atoms with Gasteiger partial charge in [0.1, 0.15) is 5.82 Å². The van der Waals surface area contributed by atoms with E-state index in [1.54, 1.807) is 0 Å². The maximum absolute atomic E-state index is 14.0. The third-order valence-corrected chi connectivity index (χ3v) is 6.34. The van der Waals surface area contributed by atoms with Gasteiger partial charge < -0.3 is 5.32 Å². The van der Waals surface area contributed by atoms with Crippen molar-refractivity contribution in [1.29, 1.82) is 0 Å². The summed E-state index contributed by atoms with van der Waals surface area (Å²) in [5, 5.41) is 2.63. The second-order valence-corrected chi connectivity index (χ2v) is 8.26. The molecule has 136 valence electrons. The van der Waals surface area contributed by atoms with E-state index >= 15 is 0 Å². The minimum atomic E-state index is -4.75. The lowest BCUT2D eigenvalue weighted by atomic mass is 9.49. The predicted molar refractivity (Wildman–Crippen MR) is 84.3 cm³/mol. The Morgan fingerprint density at radius 3 is 2.16 bits per heavy atom. The molecule has 5 rings (SSSR count). The van der Waals surface area contributed by atoms with Gasteiger partial charge in [0.2, 0.25) is 0 Å². The van der Waals surface area contributed by atoms with Crippen LogP contribution in [0.15, 0.2) is 18.2 Å². The monoisotopic (exact) mass is 355 g/mol. The van der Waals surface area contributed by atoms with Gasteiger partial charge in [-0.25, -0.2) is 4.39 Å². The van der Waals surface area contributed by atoms with E-state index in [2.05, 4.69) is 5.32 Å². The van der Waals surface area contributed by atoms with Crippen molar-refractivity contribution >= 4 is 5.91 Å². The summed E-state index contributed by atoms with van der Waals surface area (Å²) in [4.78, 5) is 12.4. The summed E-state index contributed by atoms with van der Waals surface area (Å²) in [5.74, 6) is -0.0361. The van der Waals surface area contributed by atoms with Gasteiger partial charge in [0.15, 0.2) is 0 Å². The van der Waals surface area contributed by atoms with Crippen LogP contribution in [0.2, 0.25) is 0 Å². The number of hydrogen-bond acceptors (Lipinski definition) is 1. The van der Waals surface area contributed by atoms with Crippen molar-refractivity contribution in [2.45, 2.75) is 44.7 Å². The number of carbonyl (C=O) groups is 1. The van der Waals surface area contributed by atoms with Gasteiger partial charge in [0.25, 0.3) is 5.91 Å². The first-order valence-corrected chi connectivity index (χ1v) is 8.90. The maximum Gasteiger partial charge on any atom is 0.417 e. The molecule has 1 amide bonds. The van der Waals surface area contributed by atoms with Crippen LogP contribution in [0, 0.1) is 29.0 Å². The van der Waals surface area contributed by atoms with E-state index in [1.807, 2.05) is 0 Å². The Bertz CT molecular complexity index is 662. The zero-order valence-corrected chi connectivity index (χ0v) is 13.8. The maximum atomic E-state index is 14.0. The summed E-state index contributed by atoms with van der Waals surface area (Å²) in [5.41, 5.74) is -2.11. The number of hydrogen-bond donors (Lipinski definition) is 1. The number of amides is 1. The zero-order valence-electron chi connectivity index (χ0n) is 13.8. The molecule has 4 fully saturated rings. The van der Waals surface area contributed by atoms with Crippen molar-refractivity contribution in [1.82, 2.24) is 5.32 Å². The second kappa shape index (κ2) is 5.71. The molecule has 1 N–H and O–H groups in total. The minimum Gasteiger partial charge on any atom is -0.351 e. The predicted octanol–water partition coefficient (Wildman–Crippen LogP) is 4.79. The van der Waals surface area contributed by atoms with E-state index in [1.165, 1.54) is 19.3 Å². The molecule has 0 spiro atoms. The highest BCUT2D eigenvalue weighted by Crippen LogP contribution is 2.59. The molecule has 4 aliphatic rings. The van der Waals surface area contributed by atoms with Crippen LogP contribution in [0.4, 0.5) is 17.6 Å². The number of rotatable bonds is 3. The Hall–Kier alpha value is -1.59. The van der Waals surface area contributed by atoms with Crippen LogP contribution in [0.3, 0.4) is 0 Å². The fourth-order valence-electron chi connectivity index (χ4n) is 5.85. The second-order valence-electron chi connectivity index (χ2n) is 8.26. The van der Waals surface area contributed by atoms with E-state index in [0.717, 1.165) is 37.5 Å². The number of nitrogens with one attached hydrogen (secondary N) is 1. The van der Waals surface area contributed by atoms with Crippen molar-refractivity contribution in [2.75, 3.05) is 6.54 Å². The molecule has 25 heavy (non-hydrogen) atoms. The number of alkyl halides is 3. The van der Waals surface area contributed by atoms with Crippen LogP contribution >= 0.6 is 0 Å². The molecule has 0 aromatic heterocycles. The fraction of sp³-hybridized carbons (Fsp3) is 0.632. The summed E-state index contributed by atoms with van der Waals surface area (Å²) >= 11 is 0. The Balaban J connectivity index is 1.52. The highest BCUT2D eigenvalue weighted by Gasteiger charge is 2.51. The van der Waals surface area contributed by atoms with Gasteiger partial charge in [-0.3, -0.25) is 4.79 Å². The molecule has 4 bridgehead atoms. The number of carbonyl (C=O) groups excluding carboxylic acids is 1. The molecule has 0 atom stereocenters. The summed E-state index contributed by atoms with van der Waals surface area (Å²) in [6, 6.07) is 2.63. The van der Waals surface area contributed by atoms with Gasteiger partial charge in [-0.05, 0) is 73.8 Å². The van der Waals surface area contributed by atoms with Crippen molar-refractivity contribution in [3.8, 4) is 0 Å². The highest BCUT2D eigenvalue weighted by molar-refractivity contribution is 5.96. The van der Waals surface area contributed by atoms with Gasteiger partial charge in [0, 0.05) is 6.54 Å². The lowest BCUT2D eigenvalue weighted by molar-refractivity contribution is -0.138. The topological polar surface area (TPSA) is 29.1 Å². The smallest absolute Gasteiger partial charge is 0.351 e. The van der Waals surface area contributed by atoms with Crippen molar-refractivity contribution < 1.29 is 22.4 Å². The number of halogens is 4. The summed E-state index contributed by atoms with van der Waals surface area (Å²) in [6.45, 7) is 0.348. The largest absolute Gasteiger partial charge is 0.417 e. The molecule has 4 saturated carbocycles. The van der Waals surface area contributed by atoms with E-state index in [9.17, 15) is 22.4 Å². The van der Waals surface area contributed by atoms with Gasteiger partial charge in [-0.2, -0.15) is 13.2 Å².